The Kier molecular flexibility index (Phi) is 3.11. The second-order valence-corrected chi connectivity index (χ2v) is 8.71. The third kappa shape index (κ3) is 2.53. The van der Waals surface area contributed by atoms with Crippen molar-refractivity contribution in [2.45, 2.75) is 0 Å². The summed E-state index contributed by atoms with van der Waals surface area (Å²) in [4.78, 5) is 11.0. The molecule has 0 spiro atoms. The molecule has 0 bridgehead atoms. The number of benzene rings is 1. The van der Waals surface area contributed by atoms with Gasteiger partial charge in [0.05, 0.1) is 5.46 Å². The third-order valence-electron chi connectivity index (χ3n) is 1.51. The Balaban J connectivity index is 3.37. The number of thiol groups is 2. The Morgan fingerprint density at radius 2 is 1.92 bits per heavy atom. The van der Waals surface area contributed by atoms with Gasteiger partial charge in [-0.1, -0.05) is 18.2 Å². The molecule has 0 radical (unpaired) electrons. The molecule has 70 valence electrons. The fraction of sp³-hybridized carbons (Fsp3) is 0. The lowest BCUT2D eigenvalue weighted by molar-refractivity contribution is 0.100. The van der Waals surface area contributed by atoms with Gasteiger partial charge in [-0.25, -0.2) is 0 Å². The molecule has 0 heterocycles. The highest BCUT2D eigenvalue weighted by Gasteiger charge is 2.16. The second kappa shape index (κ2) is 3.78. The molecule has 0 unspecified atom stereocenters. The standard InChI is InChI=1S/C7H9N2OPS2/c8-7(10)5-3-1-2-4-6(5)11(9,12)13/h1-4H,(H2,8,10)(H3,9,12,13). The SMILES string of the molecule is N=P(S)(S)c1ccccc1C(N)=O. The zero-order valence-corrected chi connectivity index (χ0v) is 9.32. The van der Waals surface area contributed by atoms with E-state index in [0.29, 0.717) is 10.9 Å². The highest BCUT2D eigenvalue weighted by Crippen LogP contribution is 2.55. The molecule has 3 N–H and O–H groups in total. The van der Waals surface area contributed by atoms with Gasteiger partial charge in [0.25, 0.3) is 0 Å². The average molecular weight is 232 g/mol. The van der Waals surface area contributed by atoms with Gasteiger partial charge in [0.2, 0.25) is 5.91 Å². The van der Waals surface area contributed by atoms with Crippen LogP contribution in [0.2, 0.25) is 0 Å². The van der Waals surface area contributed by atoms with Crippen LogP contribution in [0.15, 0.2) is 24.3 Å². The van der Waals surface area contributed by atoms with Crippen LogP contribution in [-0.2, 0) is 0 Å². The van der Waals surface area contributed by atoms with Crippen molar-refractivity contribution in [1.82, 2.24) is 0 Å². The molecule has 0 aliphatic heterocycles. The monoisotopic (exact) mass is 232 g/mol. The number of amides is 1. The Morgan fingerprint density at radius 3 is 2.31 bits per heavy atom. The smallest absolute Gasteiger partial charge is 0.249 e. The summed E-state index contributed by atoms with van der Waals surface area (Å²) < 4.78 is 0. The molecule has 1 rings (SSSR count). The molecule has 6 heteroatoms. The average Bonchev–Trinajstić information content (AvgIpc) is 2.03. The van der Waals surface area contributed by atoms with Crippen LogP contribution in [0.1, 0.15) is 10.4 Å². The molecule has 0 saturated carbocycles. The lowest BCUT2D eigenvalue weighted by atomic mass is 10.2. The molecule has 0 saturated heterocycles. The predicted molar refractivity (Wildman–Crippen MR) is 62.2 cm³/mol. The lowest BCUT2D eigenvalue weighted by Crippen LogP contribution is -2.19. The summed E-state index contributed by atoms with van der Waals surface area (Å²) in [5, 5.41) is 8.15. The molecule has 1 amide bonds. The minimum Gasteiger partial charge on any atom is -0.366 e. The van der Waals surface area contributed by atoms with Crippen LogP contribution >= 0.6 is 30.0 Å². The van der Waals surface area contributed by atoms with Crippen molar-refractivity contribution >= 4 is 41.2 Å². The van der Waals surface area contributed by atoms with Crippen molar-refractivity contribution in [2.75, 3.05) is 0 Å². The summed E-state index contributed by atoms with van der Waals surface area (Å²) >= 11 is 8.09. The highest BCUT2D eigenvalue weighted by atomic mass is 33.1. The van der Waals surface area contributed by atoms with Crippen molar-refractivity contribution in [3.05, 3.63) is 29.8 Å². The van der Waals surface area contributed by atoms with Crippen molar-refractivity contribution in [1.29, 1.82) is 5.16 Å². The fourth-order valence-corrected chi connectivity index (χ4v) is 2.81. The number of nitrogens with one attached hydrogen (secondary N) is 1. The highest BCUT2D eigenvalue weighted by molar-refractivity contribution is 8.83. The predicted octanol–water partition coefficient (Wildman–Crippen LogP) is 1.88. The zero-order chi connectivity index (χ0) is 10.1. The van der Waals surface area contributed by atoms with Gasteiger partial charge in [-0.05, 0) is 6.07 Å². The van der Waals surface area contributed by atoms with Crippen LogP contribution in [0.4, 0.5) is 0 Å². The molecule has 1 aromatic rings. The number of rotatable bonds is 2. The van der Waals surface area contributed by atoms with Crippen molar-refractivity contribution in [3.63, 3.8) is 0 Å². The van der Waals surface area contributed by atoms with Gasteiger partial charge in [0, 0.05) is 10.9 Å². The van der Waals surface area contributed by atoms with Crippen LogP contribution in [0, 0.1) is 5.16 Å². The summed E-state index contributed by atoms with van der Waals surface area (Å²) in [7, 11) is 0. The van der Waals surface area contributed by atoms with Crippen LogP contribution in [0.3, 0.4) is 0 Å². The second-order valence-electron chi connectivity index (χ2n) is 2.48. The van der Waals surface area contributed by atoms with Gasteiger partial charge in [-0.2, -0.15) is 0 Å². The molecule has 0 fully saturated rings. The Labute approximate surface area is 86.9 Å². The summed E-state index contributed by atoms with van der Waals surface area (Å²) in [6, 6.07) is 6.66. The molecular formula is C7H9N2OPS2. The zero-order valence-electron chi connectivity index (χ0n) is 6.64. The van der Waals surface area contributed by atoms with Crippen LogP contribution in [0.25, 0.3) is 0 Å². The number of carbonyl (C=O) groups excluding carboxylic acids is 1. The Hall–Kier alpha value is -0.380. The van der Waals surface area contributed by atoms with E-state index in [4.69, 9.17) is 10.9 Å². The van der Waals surface area contributed by atoms with Crippen molar-refractivity contribution in [2.24, 2.45) is 5.73 Å². The van der Waals surface area contributed by atoms with Gasteiger partial charge in [-0.3, -0.25) is 9.96 Å². The molecule has 0 aromatic heterocycles. The maximum absolute atomic E-state index is 11.0. The Bertz CT molecular complexity index is 388. The molecule has 0 atom stereocenters. The summed E-state index contributed by atoms with van der Waals surface area (Å²) in [5.74, 6) is -0.546. The third-order valence-corrected chi connectivity index (χ3v) is 3.86. The van der Waals surface area contributed by atoms with Gasteiger partial charge < -0.3 is 5.73 Å². The van der Waals surface area contributed by atoms with E-state index < -0.39 is 11.4 Å². The van der Waals surface area contributed by atoms with Crippen LogP contribution in [0.5, 0.6) is 0 Å². The minimum atomic E-state index is -2.52. The maximum Gasteiger partial charge on any atom is 0.249 e. The quantitative estimate of drug-likeness (QED) is 0.456. The minimum absolute atomic E-state index is 0.329. The van der Waals surface area contributed by atoms with E-state index in [1.54, 1.807) is 24.3 Å². The van der Waals surface area contributed by atoms with Gasteiger partial charge in [0.1, 0.15) is 0 Å². The van der Waals surface area contributed by atoms with Gasteiger partial charge in [-0.15, -0.1) is 24.5 Å². The number of hydrogen-bond donors (Lipinski definition) is 4. The summed E-state index contributed by atoms with van der Waals surface area (Å²) in [5.41, 5.74) is 2.95. The number of hydrogen-bond acceptors (Lipinski definition) is 2. The van der Waals surface area contributed by atoms with E-state index in [9.17, 15) is 4.79 Å². The van der Waals surface area contributed by atoms with E-state index in [-0.39, 0.29) is 0 Å². The van der Waals surface area contributed by atoms with E-state index >= 15 is 0 Å². The van der Waals surface area contributed by atoms with Crippen molar-refractivity contribution in [3.8, 4) is 0 Å². The first-order valence-corrected chi connectivity index (χ1v) is 7.51. The molecule has 0 aliphatic rings. The van der Waals surface area contributed by atoms with Gasteiger partial charge >= 0.3 is 0 Å². The number of nitrogens with two attached hydrogens (primary N) is 1. The number of primary amides is 1. The molecule has 3 nitrogen and oxygen atoms in total. The molecular weight excluding hydrogens is 223 g/mol. The van der Waals surface area contributed by atoms with Gasteiger partial charge in [0.15, 0.2) is 0 Å². The molecule has 13 heavy (non-hydrogen) atoms. The van der Waals surface area contributed by atoms with E-state index in [2.05, 4.69) is 24.5 Å². The van der Waals surface area contributed by atoms with E-state index in [1.165, 1.54) is 0 Å². The Morgan fingerprint density at radius 1 is 1.38 bits per heavy atom. The first-order valence-electron chi connectivity index (χ1n) is 3.42. The van der Waals surface area contributed by atoms with E-state index in [1.807, 2.05) is 0 Å². The van der Waals surface area contributed by atoms with Crippen LogP contribution in [-0.4, -0.2) is 5.91 Å². The fourth-order valence-electron chi connectivity index (χ4n) is 0.954. The first kappa shape index (κ1) is 10.7. The van der Waals surface area contributed by atoms with E-state index in [0.717, 1.165) is 0 Å². The lowest BCUT2D eigenvalue weighted by Gasteiger charge is -2.11. The van der Waals surface area contributed by atoms with Crippen molar-refractivity contribution < 1.29 is 4.79 Å². The molecule has 1 aromatic carbocycles. The summed E-state index contributed by atoms with van der Waals surface area (Å²) in [6.45, 7) is 0. The maximum atomic E-state index is 11.0. The first-order chi connectivity index (χ1) is 5.93. The van der Waals surface area contributed by atoms with Crippen LogP contribution < -0.4 is 11.0 Å². The number of carbonyl (C=O) groups is 1. The summed E-state index contributed by atoms with van der Waals surface area (Å²) in [6.07, 6.45) is 0. The topological polar surface area (TPSA) is 66.9 Å². The normalized spacial score (nSPS) is 11.2. The molecule has 0 aliphatic carbocycles. The largest absolute Gasteiger partial charge is 0.366 e.